The van der Waals surface area contributed by atoms with Gasteiger partial charge in [-0.25, -0.2) is 4.98 Å². The summed E-state index contributed by atoms with van der Waals surface area (Å²) in [7, 11) is 1.75. The summed E-state index contributed by atoms with van der Waals surface area (Å²) in [6.07, 6.45) is 0. The lowest BCUT2D eigenvalue weighted by Crippen LogP contribution is -2.26. The Hall–Kier alpha value is -1.79. The zero-order chi connectivity index (χ0) is 13.8. The van der Waals surface area contributed by atoms with Crippen molar-refractivity contribution in [3.05, 3.63) is 52.0 Å². The number of hydrogen-bond acceptors (Lipinski definition) is 4. The fourth-order valence-corrected chi connectivity index (χ4v) is 2.31. The second-order valence-electron chi connectivity index (χ2n) is 4.08. The number of thiocarbonyl (C=S) groups is 1. The largest absolute Gasteiger partial charge is 0.389 e. The van der Waals surface area contributed by atoms with Crippen LogP contribution >= 0.6 is 23.6 Å². The van der Waals surface area contributed by atoms with Gasteiger partial charge in [0.25, 0.3) is 5.91 Å². The van der Waals surface area contributed by atoms with Gasteiger partial charge in [0, 0.05) is 23.6 Å². The van der Waals surface area contributed by atoms with Crippen molar-refractivity contribution < 1.29 is 4.79 Å². The predicted octanol–water partition coefficient (Wildman–Crippen LogP) is 2.05. The van der Waals surface area contributed by atoms with E-state index in [1.807, 2.05) is 5.38 Å². The molecular formula is C13H13N3OS2. The molecule has 1 amide bonds. The van der Waals surface area contributed by atoms with Crippen LogP contribution in [0.25, 0.3) is 0 Å². The van der Waals surface area contributed by atoms with E-state index in [4.69, 9.17) is 18.0 Å². The average Bonchev–Trinajstić information content (AvgIpc) is 2.90. The highest BCUT2D eigenvalue weighted by molar-refractivity contribution is 7.80. The van der Waals surface area contributed by atoms with Crippen LogP contribution in [0.3, 0.4) is 0 Å². The summed E-state index contributed by atoms with van der Waals surface area (Å²) in [6, 6.07) is 6.97. The SMILES string of the molecule is CN(Cc1cscn1)C(=O)c1ccc(C(N)=S)cc1. The Balaban J connectivity index is 2.08. The maximum Gasteiger partial charge on any atom is 0.253 e. The number of rotatable bonds is 4. The normalized spacial score (nSPS) is 10.2. The number of carbonyl (C=O) groups is 1. The summed E-state index contributed by atoms with van der Waals surface area (Å²) in [5.74, 6) is -0.0533. The zero-order valence-corrected chi connectivity index (χ0v) is 12.0. The van der Waals surface area contributed by atoms with Crippen molar-refractivity contribution in [1.29, 1.82) is 0 Å². The first-order valence-electron chi connectivity index (χ1n) is 5.60. The Morgan fingerprint density at radius 3 is 2.53 bits per heavy atom. The molecule has 0 spiro atoms. The van der Waals surface area contributed by atoms with Gasteiger partial charge >= 0.3 is 0 Å². The molecule has 2 aromatic rings. The lowest BCUT2D eigenvalue weighted by Gasteiger charge is -2.16. The third-order valence-corrected chi connectivity index (χ3v) is 3.52. The van der Waals surface area contributed by atoms with Crippen molar-refractivity contribution in [3.8, 4) is 0 Å². The Kier molecular flexibility index (Phi) is 4.24. The first-order valence-corrected chi connectivity index (χ1v) is 6.95. The summed E-state index contributed by atoms with van der Waals surface area (Å²) in [5, 5.41) is 1.93. The van der Waals surface area contributed by atoms with E-state index in [-0.39, 0.29) is 5.91 Å². The summed E-state index contributed by atoms with van der Waals surface area (Å²) in [5.41, 5.74) is 9.53. The third kappa shape index (κ3) is 3.36. The van der Waals surface area contributed by atoms with Crippen LogP contribution in [-0.4, -0.2) is 27.8 Å². The van der Waals surface area contributed by atoms with Crippen molar-refractivity contribution >= 4 is 34.5 Å². The quantitative estimate of drug-likeness (QED) is 0.876. The van der Waals surface area contributed by atoms with E-state index in [1.54, 1.807) is 41.7 Å². The highest BCUT2D eigenvalue weighted by Gasteiger charge is 2.12. The van der Waals surface area contributed by atoms with Gasteiger partial charge < -0.3 is 10.6 Å². The van der Waals surface area contributed by atoms with Gasteiger partial charge in [0.1, 0.15) is 4.99 Å². The number of amides is 1. The number of aromatic nitrogens is 1. The molecule has 2 rings (SSSR count). The first kappa shape index (κ1) is 13.6. The van der Waals surface area contributed by atoms with Crippen molar-refractivity contribution in [2.24, 2.45) is 5.73 Å². The minimum absolute atomic E-state index is 0.0533. The van der Waals surface area contributed by atoms with Crippen LogP contribution in [-0.2, 0) is 6.54 Å². The van der Waals surface area contributed by atoms with E-state index in [2.05, 4.69) is 4.98 Å². The highest BCUT2D eigenvalue weighted by Crippen LogP contribution is 2.10. The number of nitrogens with two attached hydrogens (primary N) is 1. The molecule has 19 heavy (non-hydrogen) atoms. The van der Waals surface area contributed by atoms with E-state index in [1.165, 1.54) is 11.3 Å². The summed E-state index contributed by atoms with van der Waals surface area (Å²) in [6.45, 7) is 0.499. The first-order chi connectivity index (χ1) is 9.08. The number of carbonyl (C=O) groups excluding carboxylic acids is 1. The molecule has 0 radical (unpaired) electrons. The molecule has 0 saturated carbocycles. The molecule has 1 heterocycles. The summed E-state index contributed by atoms with van der Waals surface area (Å²) in [4.78, 5) is 18.3. The molecule has 0 saturated heterocycles. The molecule has 6 heteroatoms. The third-order valence-electron chi connectivity index (χ3n) is 2.65. The number of thiazole rings is 1. The molecule has 0 aliphatic carbocycles. The Labute approximate surface area is 120 Å². The van der Waals surface area contributed by atoms with Gasteiger partial charge in [0.05, 0.1) is 17.7 Å². The van der Waals surface area contributed by atoms with Crippen LogP contribution in [0.1, 0.15) is 21.6 Å². The van der Waals surface area contributed by atoms with E-state index in [0.717, 1.165) is 11.3 Å². The van der Waals surface area contributed by atoms with Gasteiger partial charge in [0.2, 0.25) is 0 Å². The van der Waals surface area contributed by atoms with Gasteiger partial charge in [-0.15, -0.1) is 11.3 Å². The van der Waals surface area contributed by atoms with Crippen LogP contribution in [0, 0.1) is 0 Å². The molecule has 98 valence electrons. The van der Waals surface area contributed by atoms with Crippen LogP contribution in [0.15, 0.2) is 35.2 Å². The number of benzene rings is 1. The van der Waals surface area contributed by atoms with E-state index >= 15 is 0 Å². The average molecular weight is 291 g/mol. The molecule has 0 unspecified atom stereocenters. The maximum absolute atomic E-state index is 12.2. The molecule has 1 aromatic carbocycles. The number of hydrogen-bond donors (Lipinski definition) is 1. The van der Waals surface area contributed by atoms with Gasteiger partial charge in [-0.3, -0.25) is 4.79 Å². The molecule has 0 aliphatic heterocycles. The van der Waals surface area contributed by atoms with Gasteiger partial charge in [0.15, 0.2) is 0 Å². The minimum Gasteiger partial charge on any atom is -0.389 e. The Bertz CT molecular complexity index is 578. The fourth-order valence-electron chi connectivity index (χ4n) is 1.63. The molecule has 1 aromatic heterocycles. The van der Waals surface area contributed by atoms with Crippen LogP contribution in [0.5, 0.6) is 0 Å². The lowest BCUT2D eigenvalue weighted by molar-refractivity contribution is 0.0783. The lowest BCUT2D eigenvalue weighted by atomic mass is 10.1. The molecule has 0 fully saturated rings. The maximum atomic E-state index is 12.2. The second-order valence-corrected chi connectivity index (χ2v) is 5.24. The molecule has 4 nitrogen and oxygen atoms in total. The van der Waals surface area contributed by atoms with Gasteiger partial charge in [-0.1, -0.05) is 24.4 Å². The molecule has 0 aliphatic rings. The minimum atomic E-state index is -0.0533. The van der Waals surface area contributed by atoms with Crippen molar-refractivity contribution in [3.63, 3.8) is 0 Å². The van der Waals surface area contributed by atoms with Crippen molar-refractivity contribution in [1.82, 2.24) is 9.88 Å². The monoisotopic (exact) mass is 291 g/mol. The van der Waals surface area contributed by atoms with E-state index < -0.39 is 0 Å². The zero-order valence-electron chi connectivity index (χ0n) is 10.4. The number of nitrogens with zero attached hydrogens (tertiary/aromatic N) is 2. The Morgan fingerprint density at radius 2 is 2.00 bits per heavy atom. The van der Waals surface area contributed by atoms with Crippen molar-refractivity contribution in [2.75, 3.05) is 7.05 Å². The highest BCUT2D eigenvalue weighted by atomic mass is 32.1. The van der Waals surface area contributed by atoms with Crippen LogP contribution < -0.4 is 5.73 Å². The van der Waals surface area contributed by atoms with Crippen LogP contribution in [0.2, 0.25) is 0 Å². The fraction of sp³-hybridized carbons (Fsp3) is 0.154. The Morgan fingerprint density at radius 1 is 1.37 bits per heavy atom. The summed E-state index contributed by atoms with van der Waals surface area (Å²) < 4.78 is 0. The topological polar surface area (TPSA) is 59.2 Å². The second kappa shape index (κ2) is 5.90. The molecule has 2 N–H and O–H groups in total. The van der Waals surface area contributed by atoms with Crippen molar-refractivity contribution in [2.45, 2.75) is 6.54 Å². The van der Waals surface area contributed by atoms with Gasteiger partial charge in [-0.2, -0.15) is 0 Å². The smallest absolute Gasteiger partial charge is 0.253 e. The van der Waals surface area contributed by atoms with E-state index in [9.17, 15) is 4.79 Å². The predicted molar refractivity (Wildman–Crippen MR) is 80.2 cm³/mol. The van der Waals surface area contributed by atoms with E-state index in [0.29, 0.717) is 17.1 Å². The summed E-state index contributed by atoms with van der Waals surface area (Å²) >= 11 is 6.39. The molecular weight excluding hydrogens is 278 g/mol. The standard InChI is InChI=1S/C13H13N3OS2/c1-16(6-11-7-19-8-15-11)13(17)10-4-2-9(3-5-10)12(14)18/h2-5,7-8H,6H2,1H3,(H2,14,18). The van der Waals surface area contributed by atoms with Crippen LogP contribution in [0.4, 0.5) is 0 Å². The molecule has 0 bridgehead atoms. The molecule has 0 atom stereocenters. The van der Waals surface area contributed by atoms with Gasteiger partial charge in [-0.05, 0) is 12.1 Å².